The van der Waals surface area contributed by atoms with E-state index in [2.05, 4.69) is 0 Å². The van der Waals surface area contributed by atoms with Crippen LogP contribution in [0.2, 0.25) is 0 Å². The van der Waals surface area contributed by atoms with Gasteiger partial charge in [0.25, 0.3) is 0 Å². The number of methoxy groups -OCH3 is 2. The minimum Gasteiger partial charge on any atom is -0.492 e. The Labute approximate surface area is 130 Å². The van der Waals surface area contributed by atoms with Crippen molar-refractivity contribution >= 4 is 0 Å². The second kappa shape index (κ2) is 10.4. The highest BCUT2D eigenvalue weighted by Crippen LogP contribution is 2.29. The summed E-state index contributed by atoms with van der Waals surface area (Å²) >= 11 is 0. The van der Waals surface area contributed by atoms with Gasteiger partial charge in [0.15, 0.2) is 0 Å². The highest BCUT2D eigenvalue weighted by Gasteiger charge is 2.15. The van der Waals surface area contributed by atoms with E-state index in [1.807, 2.05) is 12.1 Å². The Hall–Kier alpha value is -2.28. The van der Waals surface area contributed by atoms with Gasteiger partial charge in [-0.2, -0.15) is 10.5 Å². The summed E-state index contributed by atoms with van der Waals surface area (Å²) < 4.78 is 21.0. The molecule has 0 radical (unpaired) electrons. The first kappa shape index (κ1) is 17.8. The number of hydrogen-bond donors (Lipinski definition) is 0. The summed E-state index contributed by atoms with van der Waals surface area (Å²) in [6, 6.07) is 7.33. The van der Waals surface area contributed by atoms with Gasteiger partial charge in [-0.3, -0.25) is 0 Å². The minimum absolute atomic E-state index is 0.198. The molecule has 0 aliphatic carbocycles. The third kappa shape index (κ3) is 5.25. The lowest BCUT2D eigenvalue weighted by Crippen LogP contribution is -2.06. The molecule has 0 spiro atoms. The molecule has 0 aliphatic rings. The van der Waals surface area contributed by atoms with Gasteiger partial charge in [-0.05, 0) is 12.1 Å². The van der Waals surface area contributed by atoms with Crippen LogP contribution in [-0.2, 0) is 9.47 Å². The maximum Gasteiger partial charge on any atom is 0.138 e. The minimum atomic E-state index is 0.198. The zero-order valence-electron chi connectivity index (χ0n) is 12.9. The molecule has 0 bridgehead atoms. The average molecular weight is 304 g/mol. The van der Waals surface area contributed by atoms with Crippen molar-refractivity contribution in [2.45, 2.75) is 12.8 Å². The van der Waals surface area contributed by atoms with Crippen molar-refractivity contribution in [1.29, 1.82) is 10.5 Å². The first-order valence-electron chi connectivity index (χ1n) is 6.99. The number of nitrogens with zero attached hydrogens (tertiary/aromatic N) is 2. The lowest BCUT2D eigenvalue weighted by atomic mass is 10.1. The second-order valence-corrected chi connectivity index (χ2v) is 4.43. The molecule has 0 aromatic heterocycles. The second-order valence-electron chi connectivity index (χ2n) is 4.43. The molecule has 1 aromatic carbocycles. The summed E-state index contributed by atoms with van der Waals surface area (Å²) in [4.78, 5) is 0. The number of benzene rings is 1. The topological polar surface area (TPSA) is 84.5 Å². The van der Waals surface area contributed by atoms with Crippen LogP contribution in [-0.4, -0.2) is 40.6 Å². The van der Waals surface area contributed by atoms with E-state index < -0.39 is 0 Å². The van der Waals surface area contributed by atoms with E-state index in [4.69, 9.17) is 18.9 Å². The first-order valence-corrected chi connectivity index (χ1v) is 6.99. The van der Waals surface area contributed by atoms with Gasteiger partial charge in [0.05, 0.1) is 13.2 Å². The number of rotatable bonds is 10. The molecule has 0 unspecified atom stereocenters. The Morgan fingerprint density at radius 2 is 1.18 bits per heavy atom. The Bertz CT molecular complexity index is 497. The van der Waals surface area contributed by atoms with E-state index in [0.29, 0.717) is 50.8 Å². The molecule has 6 heteroatoms. The molecule has 0 atom stereocenters. The fourth-order valence-electron chi connectivity index (χ4n) is 1.80. The maximum absolute atomic E-state index is 9.29. The van der Waals surface area contributed by atoms with Gasteiger partial charge in [0.1, 0.15) is 34.8 Å². The third-order valence-corrected chi connectivity index (χ3v) is 2.85. The first-order chi connectivity index (χ1) is 10.8. The maximum atomic E-state index is 9.29. The van der Waals surface area contributed by atoms with Crippen molar-refractivity contribution in [3.05, 3.63) is 23.3 Å². The van der Waals surface area contributed by atoms with Gasteiger partial charge < -0.3 is 18.9 Å². The van der Waals surface area contributed by atoms with Crippen LogP contribution in [0.15, 0.2) is 12.1 Å². The Balaban J connectivity index is 2.81. The van der Waals surface area contributed by atoms with Crippen LogP contribution in [0.3, 0.4) is 0 Å². The molecular formula is C16H20N2O4. The van der Waals surface area contributed by atoms with E-state index in [0.717, 1.165) is 0 Å². The Morgan fingerprint density at radius 1 is 0.773 bits per heavy atom. The Morgan fingerprint density at radius 3 is 1.50 bits per heavy atom. The van der Waals surface area contributed by atoms with Gasteiger partial charge in [-0.25, -0.2) is 0 Å². The SMILES string of the molecule is COCCCOc1ccc(OCCCOC)c(C#N)c1C#N. The zero-order chi connectivity index (χ0) is 16.2. The molecule has 6 nitrogen and oxygen atoms in total. The highest BCUT2D eigenvalue weighted by molar-refractivity contribution is 5.60. The molecule has 0 aliphatic heterocycles. The lowest BCUT2D eigenvalue weighted by molar-refractivity contribution is 0.170. The summed E-state index contributed by atoms with van der Waals surface area (Å²) in [5.74, 6) is 0.777. The van der Waals surface area contributed by atoms with Crippen molar-refractivity contribution in [2.75, 3.05) is 40.6 Å². The Kier molecular flexibility index (Phi) is 8.44. The molecular weight excluding hydrogens is 284 g/mol. The molecule has 1 aromatic rings. The van der Waals surface area contributed by atoms with E-state index in [1.165, 1.54) is 0 Å². The van der Waals surface area contributed by atoms with Crippen LogP contribution < -0.4 is 9.47 Å². The van der Waals surface area contributed by atoms with Crippen LogP contribution in [0, 0.1) is 22.7 Å². The van der Waals surface area contributed by atoms with Crippen molar-refractivity contribution in [1.82, 2.24) is 0 Å². The highest BCUT2D eigenvalue weighted by atomic mass is 16.5. The molecule has 1 rings (SSSR count). The van der Waals surface area contributed by atoms with Crippen LogP contribution in [0.1, 0.15) is 24.0 Å². The van der Waals surface area contributed by atoms with Crippen molar-refractivity contribution in [2.24, 2.45) is 0 Å². The number of hydrogen-bond acceptors (Lipinski definition) is 6. The summed E-state index contributed by atoms with van der Waals surface area (Å²) in [6.45, 7) is 1.99. The lowest BCUT2D eigenvalue weighted by Gasteiger charge is -2.12. The van der Waals surface area contributed by atoms with Crippen LogP contribution in [0.25, 0.3) is 0 Å². The third-order valence-electron chi connectivity index (χ3n) is 2.85. The smallest absolute Gasteiger partial charge is 0.138 e. The quantitative estimate of drug-likeness (QED) is 0.616. The van der Waals surface area contributed by atoms with E-state index >= 15 is 0 Å². The van der Waals surface area contributed by atoms with Crippen molar-refractivity contribution < 1.29 is 18.9 Å². The van der Waals surface area contributed by atoms with E-state index in [1.54, 1.807) is 26.4 Å². The summed E-state index contributed by atoms with van der Waals surface area (Å²) in [5.41, 5.74) is 0.397. The number of ether oxygens (including phenoxy) is 4. The standard InChI is InChI=1S/C16H20N2O4/c1-19-7-3-9-21-15-5-6-16(22-10-4-8-20-2)14(12-18)13(15)11-17/h5-6H,3-4,7-10H2,1-2H3. The van der Waals surface area contributed by atoms with Gasteiger partial charge in [0.2, 0.25) is 0 Å². The van der Waals surface area contributed by atoms with E-state index in [-0.39, 0.29) is 11.1 Å². The molecule has 0 N–H and O–H groups in total. The normalized spacial score (nSPS) is 9.82. The van der Waals surface area contributed by atoms with Crippen LogP contribution in [0.4, 0.5) is 0 Å². The predicted octanol–water partition coefficient (Wildman–Crippen LogP) is 2.26. The fourth-order valence-corrected chi connectivity index (χ4v) is 1.80. The molecule has 0 saturated heterocycles. The fraction of sp³-hybridized carbons (Fsp3) is 0.500. The number of nitriles is 2. The van der Waals surface area contributed by atoms with E-state index in [9.17, 15) is 10.5 Å². The summed E-state index contributed by atoms with van der Waals surface area (Å²) in [5, 5.41) is 18.6. The summed E-state index contributed by atoms with van der Waals surface area (Å²) in [6.07, 6.45) is 1.41. The predicted molar refractivity (Wildman–Crippen MR) is 79.8 cm³/mol. The summed E-state index contributed by atoms with van der Waals surface area (Å²) in [7, 11) is 3.23. The molecule has 22 heavy (non-hydrogen) atoms. The monoisotopic (exact) mass is 304 g/mol. The average Bonchev–Trinajstić information content (AvgIpc) is 2.55. The van der Waals surface area contributed by atoms with Crippen LogP contribution >= 0.6 is 0 Å². The van der Waals surface area contributed by atoms with Crippen molar-refractivity contribution in [3.63, 3.8) is 0 Å². The molecule has 118 valence electrons. The molecule has 0 fully saturated rings. The van der Waals surface area contributed by atoms with Gasteiger partial charge in [-0.15, -0.1) is 0 Å². The van der Waals surface area contributed by atoms with Crippen LogP contribution in [0.5, 0.6) is 11.5 Å². The van der Waals surface area contributed by atoms with Gasteiger partial charge in [0, 0.05) is 40.3 Å². The van der Waals surface area contributed by atoms with Gasteiger partial charge >= 0.3 is 0 Å². The zero-order valence-corrected chi connectivity index (χ0v) is 12.9. The van der Waals surface area contributed by atoms with Gasteiger partial charge in [-0.1, -0.05) is 0 Å². The largest absolute Gasteiger partial charge is 0.492 e. The van der Waals surface area contributed by atoms with Crippen molar-refractivity contribution in [3.8, 4) is 23.6 Å². The molecule has 0 amide bonds. The molecule has 0 heterocycles. The molecule has 0 saturated carbocycles.